The van der Waals surface area contributed by atoms with Crippen molar-refractivity contribution in [3.8, 4) is 0 Å². The molecule has 4 rings (SSSR count). The molecule has 0 atom stereocenters. The van der Waals surface area contributed by atoms with Crippen LogP contribution in [0.2, 0.25) is 157 Å². The molecular formula is C44H84Cl2Si8ThU. The Labute approximate surface area is 426 Å². The molecule has 0 N–H and O–H groups in total. The van der Waals surface area contributed by atoms with Crippen molar-refractivity contribution < 1.29 is 95.9 Å². The van der Waals surface area contributed by atoms with Crippen LogP contribution in [0.1, 0.15) is 0 Å². The predicted molar refractivity (Wildman–Crippen MR) is 272 cm³/mol. The third-order valence-corrected chi connectivity index (χ3v) is 26.3. The number of rotatable bonds is 8. The van der Waals surface area contributed by atoms with Crippen molar-refractivity contribution in [2.75, 3.05) is 0 Å². The summed E-state index contributed by atoms with van der Waals surface area (Å²) in [6, 6.07) is 28.6. The van der Waals surface area contributed by atoms with Crippen molar-refractivity contribution in [1.29, 1.82) is 0 Å². The Balaban J connectivity index is -0.000000314. The summed E-state index contributed by atoms with van der Waals surface area (Å²) in [7, 11) is -8.55. The first kappa shape index (κ1) is 64.7. The van der Waals surface area contributed by atoms with E-state index in [1.807, 2.05) is 0 Å². The molecule has 4 aromatic carbocycles. The van der Waals surface area contributed by atoms with E-state index in [-0.39, 0.29) is 95.9 Å². The van der Waals surface area contributed by atoms with Crippen LogP contribution in [0.15, 0.2) is 72.8 Å². The van der Waals surface area contributed by atoms with Crippen LogP contribution in [-0.2, 0) is 0 Å². The number of halogens is 2. The monoisotopic (exact) mass is 1380 g/mol. The summed E-state index contributed by atoms with van der Waals surface area (Å²) in [6.07, 6.45) is 0. The second kappa shape index (κ2) is 24.2. The standard InChI is InChI=1S/4C11H21Si2.2ClH.Th.U/c4*1-12(2,3)10-7-8-11(9-10)13(4,5)6;;;;/h4*7-9H,1-6H3;2*1H;;/q4*-1;;;+4;+2/p-2. The zero-order chi connectivity index (χ0) is 41.1. The quantitative estimate of drug-likeness (QED) is 0.185. The summed E-state index contributed by atoms with van der Waals surface area (Å²) in [6.45, 7) is 57.9. The van der Waals surface area contributed by atoms with E-state index < -0.39 is 64.6 Å². The summed E-state index contributed by atoms with van der Waals surface area (Å²) >= 11 is 0. The van der Waals surface area contributed by atoms with Crippen LogP contribution >= 0.6 is 0 Å². The minimum atomic E-state index is -1.07. The van der Waals surface area contributed by atoms with E-state index in [0.717, 1.165) is 0 Å². The molecule has 12 heteroatoms. The van der Waals surface area contributed by atoms with Gasteiger partial charge in [0.1, 0.15) is 0 Å². The second-order valence-electron chi connectivity index (χ2n) is 23.6. The van der Waals surface area contributed by atoms with Crippen LogP contribution in [0.3, 0.4) is 0 Å². The van der Waals surface area contributed by atoms with Gasteiger partial charge in [-0.3, -0.25) is 0 Å². The van der Waals surface area contributed by atoms with Crippen LogP contribution < -0.4 is 66.3 Å². The zero-order valence-corrected chi connectivity index (χ0v) is 58.5. The van der Waals surface area contributed by atoms with Crippen molar-refractivity contribution in [1.82, 2.24) is 0 Å². The molecule has 0 nitrogen and oxygen atoms in total. The number of hydrogen-bond donors (Lipinski definition) is 0. The first-order valence-electron chi connectivity index (χ1n) is 20.0. The molecule has 314 valence electrons. The van der Waals surface area contributed by atoms with Gasteiger partial charge < -0.3 is 24.8 Å². The first-order chi connectivity index (χ1) is 22.8. The van der Waals surface area contributed by atoms with E-state index >= 15 is 0 Å². The minimum Gasteiger partial charge on any atom is -1.00 e. The third-order valence-electron chi connectivity index (χ3n) is 9.94. The van der Waals surface area contributed by atoms with Crippen LogP contribution in [-0.4, -0.2) is 64.6 Å². The molecule has 0 bridgehead atoms. The van der Waals surface area contributed by atoms with E-state index in [1.165, 1.54) is 0 Å². The Morgan fingerprint density at radius 1 is 0.286 bits per heavy atom. The van der Waals surface area contributed by atoms with E-state index in [2.05, 4.69) is 230 Å². The molecule has 0 radical (unpaired) electrons. The normalized spacial score (nSPS) is 12.4. The topological polar surface area (TPSA) is 0 Å². The summed E-state index contributed by atoms with van der Waals surface area (Å²) in [4.78, 5) is 0. The van der Waals surface area contributed by atoms with Crippen molar-refractivity contribution >= 4 is 106 Å². The minimum absolute atomic E-state index is 0. The van der Waals surface area contributed by atoms with Crippen LogP contribution in [0.4, 0.5) is 0 Å². The third kappa shape index (κ3) is 23.0. The van der Waals surface area contributed by atoms with E-state index in [4.69, 9.17) is 0 Å². The molecule has 0 aliphatic heterocycles. The Bertz CT molecular complexity index is 1300. The predicted octanol–water partition coefficient (Wildman–Crippen LogP) is 3.99. The molecule has 0 unspecified atom stereocenters. The van der Waals surface area contributed by atoms with Crippen LogP contribution in [0, 0.1) is 71.1 Å². The van der Waals surface area contributed by atoms with Gasteiger partial charge in [-0.15, -0.1) is 0 Å². The Hall–Kier alpha value is 2.09. The molecule has 0 aliphatic rings. The molecule has 0 spiro atoms. The Morgan fingerprint density at radius 3 is 0.464 bits per heavy atom. The van der Waals surface area contributed by atoms with Crippen molar-refractivity contribution in [3.05, 3.63) is 72.8 Å². The molecular weight excluding hydrogens is 1290 g/mol. The van der Waals surface area contributed by atoms with E-state index in [9.17, 15) is 0 Å². The van der Waals surface area contributed by atoms with Gasteiger partial charge in [-0.1, -0.05) is 157 Å². The largest absolute Gasteiger partial charge is 4.00 e. The molecule has 0 fully saturated rings. The maximum absolute atomic E-state index is 2.46. The first-order valence-corrected chi connectivity index (χ1v) is 48.0. The van der Waals surface area contributed by atoms with Gasteiger partial charge in [-0.25, -0.2) is 45.0 Å². The SMILES string of the molecule is C[Si](C)(C)c1cc[c-]([Si](C)(C)C)c1.C[Si](C)(C)c1cc[c-]([Si](C)(C)C)c1.C[Si](C)(C)c1cc[c-]([Si](C)(C)C)c1.C[Si](C)(C)c1cc[c-]([Si](C)(C)C)c1.[Cl-].[Cl-].[Th+4].[U+2]. The maximum Gasteiger partial charge on any atom is 4.00 e. The number of hydrogen-bond acceptors (Lipinski definition) is 0. The van der Waals surface area contributed by atoms with E-state index in [0.29, 0.717) is 0 Å². The smallest absolute Gasteiger partial charge is 1.00 e. The van der Waals surface area contributed by atoms with Crippen molar-refractivity contribution in [2.24, 2.45) is 0 Å². The van der Waals surface area contributed by atoms with Gasteiger partial charge in [0.25, 0.3) is 0 Å². The summed E-state index contributed by atoms with van der Waals surface area (Å²) in [5.74, 6) is 0. The average Bonchev–Trinajstić information content (AvgIpc) is 3.72. The molecule has 0 aliphatic carbocycles. The van der Waals surface area contributed by atoms with Gasteiger partial charge in [-0.2, -0.15) is 69.3 Å². The molecule has 0 saturated carbocycles. The fraction of sp³-hybridized carbons (Fsp3) is 0.545. The van der Waals surface area contributed by atoms with Crippen molar-refractivity contribution in [2.45, 2.75) is 157 Å². The fourth-order valence-electron chi connectivity index (χ4n) is 5.51. The Kier molecular flexibility index (Phi) is 28.0. The van der Waals surface area contributed by atoms with Gasteiger partial charge in [0.05, 0.1) is 0 Å². The van der Waals surface area contributed by atoms with Crippen LogP contribution in [0.25, 0.3) is 0 Å². The van der Waals surface area contributed by atoms with Gasteiger partial charge in [-0.05, 0) is 0 Å². The maximum atomic E-state index is 2.46. The summed E-state index contributed by atoms with van der Waals surface area (Å²) in [5.41, 5.74) is 0. The Morgan fingerprint density at radius 2 is 0.411 bits per heavy atom. The van der Waals surface area contributed by atoms with Gasteiger partial charge in [0.2, 0.25) is 0 Å². The molecule has 0 amide bonds. The van der Waals surface area contributed by atoms with E-state index in [1.54, 1.807) is 41.5 Å². The summed E-state index contributed by atoms with van der Waals surface area (Å²) in [5, 5.41) is 12.9. The van der Waals surface area contributed by atoms with Gasteiger partial charge in [0.15, 0.2) is 0 Å². The fourth-order valence-corrected chi connectivity index (χ4v) is 15.5. The second-order valence-corrected chi connectivity index (χ2v) is 64.2. The van der Waals surface area contributed by atoms with Gasteiger partial charge in [0, 0.05) is 64.6 Å². The average molecular weight is 1380 g/mol. The van der Waals surface area contributed by atoms with Crippen LogP contribution in [0.5, 0.6) is 0 Å². The zero-order valence-electron chi connectivity index (χ0n) is 40.7. The molecule has 0 aromatic heterocycles. The van der Waals surface area contributed by atoms with Gasteiger partial charge >= 0.3 is 71.1 Å². The molecule has 0 saturated heterocycles. The summed E-state index contributed by atoms with van der Waals surface area (Å²) < 4.78 is 0. The molecule has 56 heavy (non-hydrogen) atoms. The molecule has 0 heterocycles. The molecule has 4 aromatic rings. The van der Waals surface area contributed by atoms with Crippen molar-refractivity contribution in [3.63, 3.8) is 0 Å².